The summed E-state index contributed by atoms with van der Waals surface area (Å²) in [5.74, 6) is 0.492. The van der Waals surface area contributed by atoms with Crippen LogP contribution in [0.25, 0.3) is 0 Å². The molecule has 1 fully saturated rings. The number of likely N-dealkylation sites (tertiary alicyclic amines) is 1. The van der Waals surface area contributed by atoms with Crippen LogP contribution in [0.1, 0.15) is 27.2 Å². The van der Waals surface area contributed by atoms with Crippen LogP contribution in [0.3, 0.4) is 0 Å². The van der Waals surface area contributed by atoms with Gasteiger partial charge < -0.3 is 15.0 Å². The van der Waals surface area contributed by atoms with E-state index < -0.39 is 12.1 Å². The van der Waals surface area contributed by atoms with Crippen LogP contribution in [-0.2, 0) is 9.53 Å². The fourth-order valence-corrected chi connectivity index (χ4v) is 2.15. The molecule has 2 amide bonds. The number of ether oxygens (including phenoxy) is 1. The number of nitrogens with one attached hydrogen (secondary N) is 1. The van der Waals surface area contributed by atoms with Crippen molar-refractivity contribution in [2.24, 2.45) is 5.92 Å². The van der Waals surface area contributed by atoms with E-state index in [-0.39, 0.29) is 11.9 Å². The van der Waals surface area contributed by atoms with Crippen molar-refractivity contribution in [2.75, 3.05) is 13.7 Å². The second-order valence-electron chi connectivity index (χ2n) is 4.54. The fourth-order valence-electron chi connectivity index (χ4n) is 2.15. The van der Waals surface area contributed by atoms with Crippen LogP contribution in [0.2, 0.25) is 0 Å². The molecular formula is C11H20N2O3. The van der Waals surface area contributed by atoms with E-state index in [0.717, 1.165) is 13.0 Å². The maximum Gasteiger partial charge on any atom is 0.407 e. The first-order chi connectivity index (χ1) is 7.45. The summed E-state index contributed by atoms with van der Waals surface area (Å²) in [6, 6.07) is -0.274. The lowest BCUT2D eigenvalue weighted by atomic mass is 10.1. The smallest absolute Gasteiger partial charge is 0.407 e. The molecule has 1 aliphatic rings. The average molecular weight is 228 g/mol. The third-order valence-corrected chi connectivity index (χ3v) is 2.96. The number of carbonyl (C=O) groups excluding carboxylic acids is 2. The topological polar surface area (TPSA) is 58.6 Å². The molecule has 0 aromatic rings. The second-order valence-corrected chi connectivity index (χ2v) is 4.54. The van der Waals surface area contributed by atoms with Crippen molar-refractivity contribution in [3.8, 4) is 0 Å². The van der Waals surface area contributed by atoms with E-state index >= 15 is 0 Å². The minimum Gasteiger partial charge on any atom is -0.453 e. The number of hydrogen-bond donors (Lipinski definition) is 1. The highest BCUT2D eigenvalue weighted by Crippen LogP contribution is 2.22. The Hall–Kier alpha value is -1.26. The summed E-state index contributed by atoms with van der Waals surface area (Å²) in [5.41, 5.74) is 0. The number of hydrogen-bond acceptors (Lipinski definition) is 3. The van der Waals surface area contributed by atoms with Gasteiger partial charge in [-0.15, -0.1) is 0 Å². The van der Waals surface area contributed by atoms with Gasteiger partial charge in [0.15, 0.2) is 0 Å². The van der Waals surface area contributed by atoms with Crippen molar-refractivity contribution in [2.45, 2.75) is 39.3 Å². The second kappa shape index (κ2) is 5.18. The summed E-state index contributed by atoms with van der Waals surface area (Å²) < 4.78 is 4.46. The van der Waals surface area contributed by atoms with Crippen molar-refractivity contribution in [3.63, 3.8) is 0 Å². The minimum atomic E-state index is -0.569. The molecule has 1 aliphatic heterocycles. The van der Waals surface area contributed by atoms with Crippen LogP contribution in [0.15, 0.2) is 0 Å². The zero-order valence-electron chi connectivity index (χ0n) is 10.3. The zero-order chi connectivity index (χ0) is 12.3. The van der Waals surface area contributed by atoms with Crippen LogP contribution in [0, 0.1) is 5.92 Å². The Morgan fingerprint density at radius 1 is 1.44 bits per heavy atom. The number of nitrogens with zero attached hydrogens (tertiary/aromatic N) is 1. The molecule has 0 aromatic carbocycles. The Morgan fingerprint density at radius 2 is 2.06 bits per heavy atom. The lowest BCUT2D eigenvalue weighted by Gasteiger charge is -2.25. The lowest BCUT2D eigenvalue weighted by molar-refractivity contribution is -0.133. The Bertz CT molecular complexity index is 280. The van der Waals surface area contributed by atoms with E-state index in [1.54, 1.807) is 6.92 Å². The minimum absolute atomic E-state index is 0.0396. The highest BCUT2D eigenvalue weighted by atomic mass is 16.5. The van der Waals surface area contributed by atoms with E-state index in [2.05, 4.69) is 17.0 Å². The predicted molar refractivity (Wildman–Crippen MR) is 60.0 cm³/mol. The number of alkyl carbamates (subject to hydrolysis) is 1. The molecule has 16 heavy (non-hydrogen) atoms. The number of amides is 2. The molecule has 0 bridgehead atoms. The molecule has 0 aromatic heterocycles. The Balaban J connectivity index is 2.53. The summed E-state index contributed by atoms with van der Waals surface area (Å²) in [7, 11) is 1.28. The standard InChI is InChI=1S/C11H20N2O3/c1-7-5-8(2)13(6-7)10(14)9(3)12-11(15)16-4/h7-9H,5-6H2,1-4H3,(H,12,15). The van der Waals surface area contributed by atoms with Gasteiger partial charge in [-0.05, 0) is 26.2 Å². The Kier molecular flexibility index (Phi) is 4.15. The van der Waals surface area contributed by atoms with E-state index in [1.807, 2.05) is 11.8 Å². The molecule has 92 valence electrons. The van der Waals surface area contributed by atoms with E-state index in [4.69, 9.17) is 0 Å². The molecular weight excluding hydrogens is 208 g/mol. The summed E-state index contributed by atoms with van der Waals surface area (Å²) in [4.78, 5) is 24.8. The van der Waals surface area contributed by atoms with Crippen LogP contribution in [0.5, 0.6) is 0 Å². The van der Waals surface area contributed by atoms with Gasteiger partial charge in [-0.25, -0.2) is 4.79 Å². The van der Waals surface area contributed by atoms with Crippen LogP contribution >= 0.6 is 0 Å². The molecule has 0 radical (unpaired) electrons. The fraction of sp³-hybridized carbons (Fsp3) is 0.818. The van der Waals surface area contributed by atoms with Gasteiger partial charge in [-0.2, -0.15) is 0 Å². The summed E-state index contributed by atoms with van der Waals surface area (Å²) in [6.45, 7) is 6.61. The molecule has 5 nitrogen and oxygen atoms in total. The Labute approximate surface area is 96.1 Å². The van der Waals surface area contributed by atoms with Gasteiger partial charge in [0.25, 0.3) is 0 Å². The number of rotatable bonds is 2. The first kappa shape index (κ1) is 12.8. The van der Waals surface area contributed by atoms with Gasteiger partial charge in [-0.3, -0.25) is 4.79 Å². The largest absolute Gasteiger partial charge is 0.453 e. The van der Waals surface area contributed by atoms with Gasteiger partial charge >= 0.3 is 6.09 Å². The van der Waals surface area contributed by atoms with Crippen LogP contribution in [-0.4, -0.2) is 42.6 Å². The van der Waals surface area contributed by atoms with Gasteiger partial charge in [0.1, 0.15) is 6.04 Å². The highest BCUT2D eigenvalue weighted by molar-refractivity contribution is 5.85. The maximum atomic E-state index is 12.0. The molecule has 1 N–H and O–H groups in total. The quantitative estimate of drug-likeness (QED) is 0.766. The molecule has 1 heterocycles. The van der Waals surface area contributed by atoms with Gasteiger partial charge in [0, 0.05) is 12.6 Å². The highest BCUT2D eigenvalue weighted by Gasteiger charge is 2.32. The van der Waals surface area contributed by atoms with Crippen molar-refractivity contribution >= 4 is 12.0 Å². The summed E-state index contributed by atoms with van der Waals surface area (Å²) >= 11 is 0. The number of methoxy groups -OCH3 is 1. The SMILES string of the molecule is COC(=O)NC(C)C(=O)N1CC(C)CC1C. The van der Waals surface area contributed by atoms with Crippen LogP contribution < -0.4 is 5.32 Å². The third-order valence-electron chi connectivity index (χ3n) is 2.96. The lowest BCUT2D eigenvalue weighted by Crippen LogP contribution is -2.48. The normalized spacial score (nSPS) is 26.4. The first-order valence-corrected chi connectivity index (χ1v) is 5.60. The van der Waals surface area contributed by atoms with Gasteiger partial charge in [-0.1, -0.05) is 6.92 Å². The average Bonchev–Trinajstić information content (AvgIpc) is 2.56. The molecule has 0 saturated carbocycles. The third kappa shape index (κ3) is 2.87. The Morgan fingerprint density at radius 3 is 2.50 bits per heavy atom. The number of carbonyl (C=O) groups is 2. The van der Waals surface area contributed by atoms with Gasteiger partial charge in [0.2, 0.25) is 5.91 Å². The van der Waals surface area contributed by atoms with E-state index in [1.165, 1.54) is 7.11 Å². The van der Waals surface area contributed by atoms with E-state index in [9.17, 15) is 9.59 Å². The zero-order valence-corrected chi connectivity index (χ0v) is 10.3. The first-order valence-electron chi connectivity index (χ1n) is 5.60. The monoisotopic (exact) mass is 228 g/mol. The van der Waals surface area contributed by atoms with E-state index in [0.29, 0.717) is 5.92 Å². The maximum absolute atomic E-state index is 12.0. The van der Waals surface area contributed by atoms with Crippen LogP contribution in [0.4, 0.5) is 4.79 Å². The van der Waals surface area contributed by atoms with Crippen molar-refractivity contribution < 1.29 is 14.3 Å². The molecule has 0 spiro atoms. The van der Waals surface area contributed by atoms with Gasteiger partial charge in [0.05, 0.1) is 7.11 Å². The summed E-state index contributed by atoms with van der Waals surface area (Å²) in [6.07, 6.45) is 0.456. The molecule has 5 heteroatoms. The summed E-state index contributed by atoms with van der Waals surface area (Å²) in [5, 5.41) is 2.49. The molecule has 3 atom stereocenters. The molecule has 1 rings (SSSR count). The predicted octanol–water partition coefficient (Wildman–Crippen LogP) is 0.988. The van der Waals surface area contributed by atoms with Crippen molar-refractivity contribution in [1.29, 1.82) is 0 Å². The molecule has 3 unspecified atom stereocenters. The molecule has 1 saturated heterocycles. The molecule has 0 aliphatic carbocycles. The van der Waals surface area contributed by atoms with Crippen molar-refractivity contribution in [1.82, 2.24) is 10.2 Å². The van der Waals surface area contributed by atoms with Crippen molar-refractivity contribution in [3.05, 3.63) is 0 Å².